The van der Waals surface area contributed by atoms with E-state index in [0.717, 1.165) is 6.07 Å². The molecule has 1 aromatic carbocycles. The highest BCUT2D eigenvalue weighted by atomic mass is 19.4. The summed E-state index contributed by atoms with van der Waals surface area (Å²) in [5.74, 6) is -1.90. The van der Waals surface area contributed by atoms with Crippen molar-refractivity contribution in [1.82, 2.24) is 0 Å². The lowest BCUT2D eigenvalue weighted by Gasteiger charge is -2.10. The second-order valence-electron chi connectivity index (χ2n) is 2.55. The second kappa shape index (κ2) is 3.21. The van der Waals surface area contributed by atoms with E-state index < -0.39 is 28.8 Å². The van der Waals surface area contributed by atoms with Crippen molar-refractivity contribution in [1.29, 1.82) is 0 Å². The largest absolute Gasteiger partial charge is 0.508 e. The minimum absolute atomic E-state index is 0.0320. The molecule has 2 N–H and O–H groups in total. The number of hydrogen-bond acceptors (Lipinski definition) is 3. The number of carbonyl (C=O) groups is 1. The van der Waals surface area contributed by atoms with Gasteiger partial charge in [0.1, 0.15) is 17.1 Å². The molecular formula is C8H5F3O3. The summed E-state index contributed by atoms with van der Waals surface area (Å²) in [7, 11) is 0. The fourth-order valence-electron chi connectivity index (χ4n) is 0.947. The van der Waals surface area contributed by atoms with E-state index in [1.54, 1.807) is 0 Å². The highest BCUT2D eigenvalue weighted by Crippen LogP contribution is 2.39. The Kier molecular flexibility index (Phi) is 2.37. The first-order valence-corrected chi connectivity index (χ1v) is 3.44. The Morgan fingerprint density at radius 2 is 1.79 bits per heavy atom. The Balaban J connectivity index is 3.44. The Morgan fingerprint density at radius 3 is 2.21 bits per heavy atom. The van der Waals surface area contributed by atoms with E-state index in [4.69, 9.17) is 10.2 Å². The molecule has 0 atom stereocenters. The summed E-state index contributed by atoms with van der Waals surface area (Å²) in [6, 6.07) is 1.10. The normalized spacial score (nSPS) is 11.4. The van der Waals surface area contributed by atoms with Crippen LogP contribution in [0.25, 0.3) is 0 Å². The fraction of sp³-hybridized carbons (Fsp3) is 0.125. The Morgan fingerprint density at radius 1 is 1.21 bits per heavy atom. The first kappa shape index (κ1) is 10.4. The average Bonchev–Trinajstić information content (AvgIpc) is 2.06. The van der Waals surface area contributed by atoms with Gasteiger partial charge in [-0.05, 0) is 12.1 Å². The van der Waals surface area contributed by atoms with Gasteiger partial charge in [-0.3, -0.25) is 4.79 Å². The van der Waals surface area contributed by atoms with Crippen LogP contribution in [0.1, 0.15) is 15.9 Å². The van der Waals surface area contributed by atoms with Gasteiger partial charge in [-0.15, -0.1) is 0 Å². The van der Waals surface area contributed by atoms with Gasteiger partial charge in [0.15, 0.2) is 6.29 Å². The third-order valence-corrected chi connectivity index (χ3v) is 1.56. The van der Waals surface area contributed by atoms with Crippen LogP contribution in [0.5, 0.6) is 11.5 Å². The molecule has 0 unspecified atom stereocenters. The predicted octanol–water partition coefficient (Wildman–Crippen LogP) is 1.93. The smallest absolute Gasteiger partial charge is 0.420 e. The van der Waals surface area contributed by atoms with Crippen molar-refractivity contribution in [3.63, 3.8) is 0 Å². The highest BCUT2D eigenvalue weighted by Gasteiger charge is 2.35. The zero-order chi connectivity index (χ0) is 10.9. The maximum Gasteiger partial charge on any atom is 0.420 e. The van der Waals surface area contributed by atoms with E-state index in [-0.39, 0.29) is 6.29 Å². The summed E-state index contributed by atoms with van der Waals surface area (Å²) in [4.78, 5) is 10.2. The molecule has 14 heavy (non-hydrogen) atoms. The second-order valence-corrected chi connectivity index (χ2v) is 2.55. The van der Waals surface area contributed by atoms with Crippen LogP contribution < -0.4 is 0 Å². The standard InChI is InChI=1S/C8H5F3O3/c9-8(10,11)6-2-5(13)1-4(3-12)7(6)14/h1-3,13-14H. The summed E-state index contributed by atoms with van der Waals surface area (Å²) >= 11 is 0. The highest BCUT2D eigenvalue weighted by molar-refractivity contribution is 5.81. The maximum atomic E-state index is 12.2. The number of carbonyl (C=O) groups excluding carboxylic acids is 1. The lowest BCUT2D eigenvalue weighted by atomic mass is 10.1. The molecule has 0 heterocycles. The minimum Gasteiger partial charge on any atom is -0.508 e. The van der Waals surface area contributed by atoms with Crippen LogP contribution >= 0.6 is 0 Å². The van der Waals surface area contributed by atoms with Crippen LogP contribution in [-0.2, 0) is 6.18 Å². The quantitative estimate of drug-likeness (QED) is 0.545. The van der Waals surface area contributed by atoms with Gasteiger partial charge in [0.2, 0.25) is 0 Å². The molecule has 0 radical (unpaired) electrons. The zero-order valence-electron chi connectivity index (χ0n) is 6.67. The molecule has 6 heteroatoms. The number of hydrogen-bond donors (Lipinski definition) is 2. The van der Waals surface area contributed by atoms with Crippen molar-refractivity contribution >= 4 is 6.29 Å². The lowest BCUT2D eigenvalue weighted by molar-refractivity contribution is -0.138. The van der Waals surface area contributed by atoms with Gasteiger partial charge < -0.3 is 10.2 Å². The van der Waals surface area contributed by atoms with Crippen LogP contribution in [0.2, 0.25) is 0 Å². The maximum absolute atomic E-state index is 12.2. The van der Waals surface area contributed by atoms with Gasteiger partial charge in [-0.1, -0.05) is 0 Å². The van der Waals surface area contributed by atoms with Gasteiger partial charge in [0.25, 0.3) is 0 Å². The average molecular weight is 206 g/mol. The van der Waals surface area contributed by atoms with Gasteiger partial charge in [-0.25, -0.2) is 0 Å². The number of alkyl halides is 3. The number of phenolic OH excluding ortho intramolecular Hbond substituents is 2. The van der Waals surface area contributed by atoms with Gasteiger partial charge in [0, 0.05) is 0 Å². The van der Waals surface area contributed by atoms with E-state index in [1.807, 2.05) is 0 Å². The number of aromatic hydroxyl groups is 2. The minimum atomic E-state index is -4.80. The predicted molar refractivity (Wildman–Crippen MR) is 40.2 cm³/mol. The molecule has 0 aromatic heterocycles. The third kappa shape index (κ3) is 1.78. The van der Waals surface area contributed by atoms with E-state index >= 15 is 0 Å². The third-order valence-electron chi connectivity index (χ3n) is 1.56. The molecule has 3 nitrogen and oxygen atoms in total. The molecule has 1 rings (SSSR count). The van der Waals surface area contributed by atoms with Gasteiger partial charge >= 0.3 is 6.18 Å². The number of rotatable bonds is 1. The zero-order valence-corrected chi connectivity index (χ0v) is 6.67. The summed E-state index contributed by atoms with van der Waals surface area (Å²) in [6.45, 7) is 0. The summed E-state index contributed by atoms with van der Waals surface area (Å²) in [6.07, 6.45) is -4.77. The van der Waals surface area contributed by atoms with Gasteiger partial charge in [0.05, 0.1) is 5.56 Å². The Labute approximate surface area is 76.4 Å². The van der Waals surface area contributed by atoms with Crippen LogP contribution in [0.15, 0.2) is 12.1 Å². The Bertz CT molecular complexity index is 371. The molecule has 0 aliphatic rings. The van der Waals surface area contributed by atoms with Crippen molar-refractivity contribution in [3.8, 4) is 11.5 Å². The van der Waals surface area contributed by atoms with Crippen molar-refractivity contribution in [2.45, 2.75) is 6.18 Å². The van der Waals surface area contributed by atoms with Crippen LogP contribution in [-0.4, -0.2) is 16.5 Å². The van der Waals surface area contributed by atoms with E-state index in [0.29, 0.717) is 6.07 Å². The van der Waals surface area contributed by atoms with Crippen LogP contribution in [0, 0.1) is 0 Å². The molecule has 0 amide bonds. The van der Waals surface area contributed by atoms with E-state index in [9.17, 15) is 18.0 Å². The lowest BCUT2D eigenvalue weighted by Crippen LogP contribution is -2.06. The molecule has 76 valence electrons. The van der Waals surface area contributed by atoms with Crippen molar-refractivity contribution < 1.29 is 28.2 Å². The molecule has 0 fully saturated rings. The van der Waals surface area contributed by atoms with Crippen molar-refractivity contribution in [3.05, 3.63) is 23.3 Å². The molecule has 0 aliphatic heterocycles. The fourth-order valence-corrected chi connectivity index (χ4v) is 0.947. The first-order chi connectivity index (χ1) is 6.36. The van der Waals surface area contributed by atoms with Crippen LogP contribution in [0.3, 0.4) is 0 Å². The molecule has 0 saturated heterocycles. The molecular weight excluding hydrogens is 201 g/mol. The van der Waals surface area contributed by atoms with Crippen molar-refractivity contribution in [2.75, 3.05) is 0 Å². The summed E-state index contributed by atoms with van der Waals surface area (Å²) in [5.41, 5.74) is -2.03. The number of aldehydes is 1. The molecule has 0 bridgehead atoms. The molecule has 1 aromatic rings. The number of halogens is 3. The van der Waals surface area contributed by atoms with E-state index in [2.05, 4.69) is 0 Å². The first-order valence-electron chi connectivity index (χ1n) is 3.44. The van der Waals surface area contributed by atoms with Crippen molar-refractivity contribution in [2.24, 2.45) is 0 Å². The molecule has 0 spiro atoms. The molecule has 0 aliphatic carbocycles. The monoisotopic (exact) mass is 206 g/mol. The Hall–Kier alpha value is -1.72. The molecule has 0 saturated carbocycles. The van der Waals surface area contributed by atoms with Gasteiger partial charge in [-0.2, -0.15) is 13.2 Å². The van der Waals surface area contributed by atoms with E-state index in [1.165, 1.54) is 0 Å². The summed E-state index contributed by atoms with van der Waals surface area (Å²) in [5, 5.41) is 17.8. The SMILES string of the molecule is O=Cc1cc(O)cc(C(F)(F)F)c1O. The number of phenols is 2. The topological polar surface area (TPSA) is 57.5 Å². The van der Waals surface area contributed by atoms with Crippen LogP contribution in [0.4, 0.5) is 13.2 Å². The summed E-state index contributed by atoms with van der Waals surface area (Å²) < 4.78 is 36.5. The number of benzene rings is 1.